The fourth-order valence-corrected chi connectivity index (χ4v) is 0.838. The molecule has 11 heavy (non-hydrogen) atoms. The summed E-state index contributed by atoms with van der Waals surface area (Å²) in [7, 11) is 1.67. The van der Waals surface area contributed by atoms with Gasteiger partial charge in [0.15, 0.2) is 0 Å². The van der Waals surface area contributed by atoms with Crippen molar-refractivity contribution in [1.82, 2.24) is 4.98 Å². The van der Waals surface area contributed by atoms with E-state index in [-0.39, 0.29) is 12.4 Å². The number of methoxy groups -OCH3 is 1. The molecule has 1 aromatic rings. The number of hydrogen-bond acceptors (Lipinski definition) is 2. The van der Waals surface area contributed by atoms with E-state index in [1.54, 1.807) is 13.3 Å². The number of pyridine rings is 1. The van der Waals surface area contributed by atoms with Crippen molar-refractivity contribution >= 4 is 12.4 Å². The molecule has 0 aliphatic carbocycles. The zero-order valence-electron chi connectivity index (χ0n) is 6.92. The van der Waals surface area contributed by atoms with Crippen LogP contribution in [-0.4, -0.2) is 12.1 Å². The third kappa shape index (κ3) is 2.09. The maximum atomic E-state index is 5.09. The van der Waals surface area contributed by atoms with Crippen molar-refractivity contribution in [2.75, 3.05) is 7.11 Å². The van der Waals surface area contributed by atoms with Crippen LogP contribution in [0, 0.1) is 13.8 Å². The second-order valence-electron chi connectivity index (χ2n) is 2.22. The SMILES string of the molecule is COc1ccnc(C)c1C.Cl. The van der Waals surface area contributed by atoms with E-state index in [2.05, 4.69) is 4.98 Å². The van der Waals surface area contributed by atoms with Gasteiger partial charge in [0.1, 0.15) is 5.75 Å². The third-order valence-electron chi connectivity index (χ3n) is 1.63. The van der Waals surface area contributed by atoms with E-state index in [1.807, 2.05) is 19.9 Å². The van der Waals surface area contributed by atoms with Crippen molar-refractivity contribution in [3.05, 3.63) is 23.5 Å². The second-order valence-corrected chi connectivity index (χ2v) is 2.22. The first-order valence-corrected chi connectivity index (χ1v) is 3.22. The van der Waals surface area contributed by atoms with Crippen LogP contribution in [0.4, 0.5) is 0 Å². The Hall–Kier alpha value is -0.760. The molecule has 0 spiro atoms. The quantitative estimate of drug-likeness (QED) is 0.649. The summed E-state index contributed by atoms with van der Waals surface area (Å²) < 4.78 is 5.09. The van der Waals surface area contributed by atoms with Crippen LogP contribution in [0.15, 0.2) is 12.3 Å². The van der Waals surface area contributed by atoms with Gasteiger partial charge in [0.2, 0.25) is 0 Å². The molecule has 0 bridgehead atoms. The van der Waals surface area contributed by atoms with Crippen molar-refractivity contribution in [3.63, 3.8) is 0 Å². The van der Waals surface area contributed by atoms with E-state index in [0.717, 1.165) is 17.0 Å². The Kier molecular flexibility index (Phi) is 3.90. The molecule has 0 N–H and O–H groups in total. The second kappa shape index (κ2) is 4.19. The van der Waals surface area contributed by atoms with Crippen LogP contribution in [0.1, 0.15) is 11.3 Å². The molecule has 0 aromatic carbocycles. The number of rotatable bonds is 1. The lowest BCUT2D eigenvalue weighted by molar-refractivity contribution is 0.410. The highest BCUT2D eigenvalue weighted by molar-refractivity contribution is 5.85. The normalized spacial score (nSPS) is 8.64. The minimum absolute atomic E-state index is 0. The number of hydrogen-bond donors (Lipinski definition) is 0. The summed E-state index contributed by atoms with van der Waals surface area (Å²) in [5.41, 5.74) is 2.14. The zero-order valence-corrected chi connectivity index (χ0v) is 7.73. The first-order chi connectivity index (χ1) is 4.75. The standard InChI is InChI=1S/C8H11NO.ClH/c1-6-7(2)9-5-4-8(6)10-3;/h4-5H,1-3H3;1H. The first-order valence-electron chi connectivity index (χ1n) is 3.22. The van der Waals surface area contributed by atoms with Crippen LogP contribution < -0.4 is 4.74 Å². The van der Waals surface area contributed by atoms with Gasteiger partial charge in [0.25, 0.3) is 0 Å². The molecule has 0 amide bonds. The molecule has 1 rings (SSSR count). The molecule has 0 aliphatic rings. The number of aromatic nitrogens is 1. The molecule has 0 saturated heterocycles. The zero-order chi connectivity index (χ0) is 7.56. The van der Waals surface area contributed by atoms with Crippen molar-refractivity contribution in [2.45, 2.75) is 13.8 Å². The molecule has 0 saturated carbocycles. The molecule has 1 aromatic heterocycles. The topological polar surface area (TPSA) is 22.1 Å². The van der Waals surface area contributed by atoms with Gasteiger partial charge in [-0.15, -0.1) is 12.4 Å². The molecular weight excluding hydrogens is 162 g/mol. The predicted molar refractivity (Wildman–Crippen MR) is 47.5 cm³/mol. The van der Waals surface area contributed by atoms with E-state index in [0.29, 0.717) is 0 Å². The average Bonchev–Trinajstić information content (AvgIpc) is 1.95. The van der Waals surface area contributed by atoms with E-state index in [4.69, 9.17) is 4.74 Å². The fourth-order valence-electron chi connectivity index (χ4n) is 0.838. The van der Waals surface area contributed by atoms with Crippen LogP contribution in [0.2, 0.25) is 0 Å². The fraction of sp³-hybridized carbons (Fsp3) is 0.375. The Balaban J connectivity index is 0.000001000. The summed E-state index contributed by atoms with van der Waals surface area (Å²) in [5, 5.41) is 0. The summed E-state index contributed by atoms with van der Waals surface area (Å²) in [6, 6.07) is 1.86. The van der Waals surface area contributed by atoms with Gasteiger partial charge in [-0.3, -0.25) is 4.98 Å². The van der Waals surface area contributed by atoms with Gasteiger partial charge in [-0.2, -0.15) is 0 Å². The maximum Gasteiger partial charge on any atom is 0.125 e. The van der Waals surface area contributed by atoms with Gasteiger partial charge < -0.3 is 4.74 Å². The van der Waals surface area contributed by atoms with Crippen LogP contribution in [0.3, 0.4) is 0 Å². The van der Waals surface area contributed by atoms with Crippen molar-refractivity contribution < 1.29 is 4.74 Å². The summed E-state index contributed by atoms with van der Waals surface area (Å²) >= 11 is 0. The molecule has 3 heteroatoms. The summed E-state index contributed by atoms with van der Waals surface area (Å²) in [6.45, 7) is 3.97. The molecule has 2 nitrogen and oxygen atoms in total. The van der Waals surface area contributed by atoms with Crippen molar-refractivity contribution in [1.29, 1.82) is 0 Å². The number of halogens is 1. The predicted octanol–water partition coefficient (Wildman–Crippen LogP) is 2.13. The van der Waals surface area contributed by atoms with E-state index < -0.39 is 0 Å². The molecular formula is C8H12ClNO. The Morgan fingerprint density at radius 1 is 1.36 bits per heavy atom. The van der Waals surface area contributed by atoms with E-state index >= 15 is 0 Å². The Morgan fingerprint density at radius 3 is 2.45 bits per heavy atom. The van der Waals surface area contributed by atoms with Gasteiger partial charge in [-0.05, 0) is 19.9 Å². The van der Waals surface area contributed by atoms with Gasteiger partial charge in [-0.25, -0.2) is 0 Å². The molecule has 0 fully saturated rings. The third-order valence-corrected chi connectivity index (χ3v) is 1.63. The lowest BCUT2D eigenvalue weighted by atomic mass is 10.2. The first kappa shape index (κ1) is 10.2. The van der Waals surface area contributed by atoms with Gasteiger partial charge in [0.05, 0.1) is 7.11 Å². The maximum absolute atomic E-state index is 5.09. The van der Waals surface area contributed by atoms with Gasteiger partial charge in [0, 0.05) is 17.5 Å². The lowest BCUT2D eigenvalue weighted by Crippen LogP contribution is -1.91. The van der Waals surface area contributed by atoms with Crippen LogP contribution in [0.25, 0.3) is 0 Å². The average molecular weight is 174 g/mol. The summed E-state index contributed by atoms with van der Waals surface area (Å²) in [5.74, 6) is 0.910. The molecule has 62 valence electrons. The Morgan fingerprint density at radius 2 is 2.00 bits per heavy atom. The highest BCUT2D eigenvalue weighted by atomic mass is 35.5. The van der Waals surface area contributed by atoms with Gasteiger partial charge >= 0.3 is 0 Å². The number of ether oxygens (including phenoxy) is 1. The summed E-state index contributed by atoms with van der Waals surface area (Å²) in [4.78, 5) is 4.11. The largest absolute Gasteiger partial charge is 0.496 e. The van der Waals surface area contributed by atoms with Gasteiger partial charge in [-0.1, -0.05) is 0 Å². The highest BCUT2D eigenvalue weighted by Crippen LogP contribution is 2.17. The monoisotopic (exact) mass is 173 g/mol. The molecule has 0 unspecified atom stereocenters. The Bertz CT molecular complexity index is 238. The lowest BCUT2D eigenvalue weighted by Gasteiger charge is -2.04. The van der Waals surface area contributed by atoms with E-state index in [1.165, 1.54) is 0 Å². The van der Waals surface area contributed by atoms with E-state index in [9.17, 15) is 0 Å². The molecule has 0 radical (unpaired) electrons. The molecule has 0 atom stereocenters. The number of nitrogens with zero attached hydrogens (tertiary/aromatic N) is 1. The molecule has 1 heterocycles. The minimum Gasteiger partial charge on any atom is -0.496 e. The minimum atomic E-state index is 0. The highest BCUT2D eigenvalue weighted by Gasteiger charge is 1.98. The smallest absolute Gasteiger partial charge is 0.125 e. The van der Waals surface area contributed by atoms with Crippen molar-refractivity contribution in [3.8, 4) is 5.75 Å². The van der Waals surface area contributed by atoms with Crippen LogP contribution in [-0.2, 0) is 0 Å². The van der Waals surface area contributed by atoms with Crippen LogP contribution >= 0.6 is 12.4 Å². The number of aryl methyl sites for hydroxylation is 1. The molecule has 0 aliphatic heterocycles. The summed E-state index contributed by atoms with van der Waals surface area (Å²) in [6.07, 6.45) is 1.75. The van der Waals surface area contributed by atoms with Crippen LogP contribution in [0.5, 0.6) is 5.75 Å². The van der Waals surface area contributed by atoms with Crippen molar-refractivity contribution in [2.24, 2.45) is 0 Å². The Labute approximate surface area is 73.0 Å².